The highest BCUT2D eigenvalue weighted by Crippen LogP contribution is 2.26. The van der Waals surface area contributed by atoms with E-state index in [1.54, 1.807) is 10.6 Å². The molecule has 1 amide bonds. The molecule has 3 aromatic heterocycles. The molecule has 4 aromatic rings. The van der Waals surface area contributed by atoms with Crippen molar-refractivity contribution < 1.29 is 14.1 Å². The van der Waals surface area contributed by atoms with Crippen LogP contribution in [0.2, 0.25) is 0 Å². The van der Waals surface area contributed by atoms with Gasteiger partial charge < -0.3 is 14.6 Å². The van der Waals surface area contributed by atoms with Gasteiger partial charge in [0.05, 0.1) is 6.20 Å². The van der Waals surface area contributed by atoms with Gasteiger partial charge in [0, 0.05) is 37.1 Å². The van der Waals surface area contributed by atoms with Crippen molar-refractivity contribution in [3.63, 3.8) is 0 Å². The van der Waals surface area contributed by atoms with E-state index in [-0.39, 0.29) is 5.91 Å². The Morgan fingerprint density at radius 3 is 2.97 bits per heavy atom. The topological polar surface area (TPSA) is 94.5 Å². The molecule has 0 spiro atoms. The van der Waals surface area contributed by atoms with Crippen LogP contribution >= 0.6 is 0 Å². The van der Waals surface area contributed by atoms with E-state index in [4.69, 9.17) is 9.26 Å². The Balaban J connectivity index is 1.35. The molecule has 1 fully saturated rings. The molecular weight excluding hydrogens is 394 g/mol. The molecule has 0 aliphatic carbocycles. The van der Waals surface area contributed by atoms with Gasteiger partial charge in [-0.25, -0.2) is 4.98 Å². The van der Waals surface area contributed by atoms with Crippen LogP contribution in [0.3, 0.4) is 0 Å². The van der Waals surface area contributed by atoms with Crippen LogP contribution in [0, 0.1) is 12.8 Å². The molecule has 4 heterocycles. The van der Waals surface area contributed by atoms with Crippen molar-refractivity contribution in [3.8, 4) is 11.4 Å². The number of carbonyl (C=O) groups is 1. The molecule has 8 heteroatoms. The Morgan fingerprint density at radius 2 is 2.10 bits per heavy atom. The quantitative estimate of drug-likeness (QED) is 0.529. The second-order valence-corrected chi connectivity index (χ2v) is 7.83. The molecule has 1 aliphatic rings. The lowest BCUT2D eigenvalue weighted by atomic mass is 9.97. The van der Waals surface area contributed by atoms with E-state index in [2.05, 4.69) is 20.4 Å². The van der Waals surface area contributed by atoms with Crippen LogP contribution < -0.4 is 5.32 Å². The summed E-state index contributed by atoms with van der Waals surface area (Å²) >= 11 is 0. The zero-order valence-electron chi connectivity index (χ0n) is 17.2. The highest BCUT2D eigenvalue weighted by molar-refractivity contribution is 6.04. The SMILES string of the molecule is Cc1ccc(-c2noc(CC3CCOCC3)n2)cc1NC(=O)c1cnc2ccccn12. The molecule has 1 aromatic carbocycles. The molecular formula is C23H23N5O3. The normalized spacial score (nSPS) is 14.7. The molecule has 1 aliphatic heterocycles. The average molecular weight is 417 g/mol. The van der Waals surface area contributed by atoms with Crippen LogP contribution in [0.5, 0.6) is 0 Å². The standard InChI is InChI=1S/C23H23N5O3/c1-15-5-6-17(22-26-21(31-27-22)12-16-7-10-30-11-8-16)13-18(15)25-23(29)19-14-24-20-4-2-3-9-28(19)20/h2-6,9,13-14,16H,7-8,10-12H2,1H3,(H,25,29). The molecule has 158 valence electrons. The minimum Gasteiger partial charge on any atom is -0.381 e. The van der Waals surface area contributed by atoms with Crippen molar-refractivity contribution in [2.45, 2.75) is 26.2 Å². The number of hydrogen-bond donors (Lipinski definition) is 1. The number of aryl methyl sites for hydroxylation is 1. The smallest absolute Gasteiger partial charge is 0.274 e. The van der Waals surface area contributed by atoms with Gasteiger partial charge in [-0.15, -0.1) is 0 Å². The van der Waals surface area contributed by atoms with E-state index in [1.807, 2.05) is 49.5 Å². The van der Waals surface area contributed by atoms with E-state index < -0.39 is 0 Å². The molecule has 5 rings (SSSR count). The third kappa shape index (κ3) is 4.06. The van der Waals surface area contributed by atoms with Crippen molar-refractivity contribution in [2.24, 2.45) is 5.92 Å². The molecule has 0 radical (unpaired) electrons. The number of amides is 1. The van der Waals surface area contributed by atoms with E-state index in [1.165, 1.54) is 0 Å². The zero-order chi connectivity index (χ0) is 21.2. The maximum absolute atomic E-state index is 12.9. The highest BCUT2D eigenvalue weighted by Gasteiger charge is 2.19. The summed E-state index contributed by atoms with van der Waals surface area (Å²) in [7, 11) is 0. The van der Waals surface area contributed by atoms with Gasteiger partial charge in [0.2, 0.25) is 11.7 Å². The van der Waals surface area contributed by atoms with E-state index in [0.717, 1.165) is 49.3 Å². The maximum atomic E-state index is 12.9. The largest absolute Gasteiger partial charge is 0.381 e. The number of benzene rings is 1. The van der Waals surface area contributed by atoms with Gasteiger partial charge in [0.25, 0.3) is 5.91 Å². The molecule has 0 bridgehead atoms. The fourth-order valence-electron chi connectivity index (χ4n) is 3.84. The number of fused-ring (bicyclic) bond motifs is 1. The summed E-state index contributed by atoms with van der Waals surface area (Å²) in [6.07, 6.45) is 6.19. The number of nitrogens with zero attached hydrogens (tertiary/aromatic N) is 4. The number of hydrogen-bond acceptors (Lipinski definition) is 6. The van der Waals surface area contributed by atoms with Gasteiger partial charge in [0.1, 0.15) is 11.3 Å². The Kier molecular flexibility index (Phi) is 5.21. The Bertz CT molecular complexity index is 1220. The van der Waals surface area contributed by atoms with Gasteiger partial charge in [-0.2, -0.15) is 4.98 Å². The van der Waals surface area contributed by atoms with Gasteiger partial charge in [-0.1, -0.05) is 23.4 Å². The van der Waals surface area contributed by atoms with Crippen LogP contribution in [-0.2, 0) is 11.2 Å². The molecule has 0 unspecified atom stereocenters. The number of imidazole rings is 1. The first-order valence-electron chi connectivity index (χ1n) is 10.4. The second kappa shape index (κ2) is 8.31. The summed E-state index contributed by atoms with van der Waals surface area (Å²) in [6.45, 7) is 3.53. The van der Waals surface area contributed by atoms with Gasteiger partial charge in [-0.05, 0) is 49.4 Å². The number of ether oxygens (including phenoxy) is 1. The average Bonchev–Trinajstić information content (AvgIpc) is 3.43. The number of anilines is 1. The Morgan fingerprint density at radius 1 is 1.23 bits per heavy atom. The number of pyridine rings is 1. The van der Waals surface area contributed by atoms with Gasteiger partial charge in [0.15, 0.2) is 0 Å². The van der Waals surface area contributed by atoms with Crippen LogP contribution in [0.1, 0.15) is 34.8 Å². The number of aromatic nitrogens is 4. The van der Waals surface area contributed by atoms with Crippen LogP contribution in [0.15, 0.2) is 53.3 Å². The lowest BCUT2D eigenvalue weighted by molar-refractivity contribution is 0.0642. The summed E-state index contributed by atoms with van der Waals surface area (Å²) in [4.78, 5) is 21.7. The first-order valence-corrected chi connectivity index (χ1v) is 10.4. The molecule has 0 atom stereocenters. The molecule has 1 N–H and O–H groups in total. The third-order valence-electron chi connectivity index (χ3n) is 5.67. The molecule has 1 saturated heterocycles. The first-order chi connectivity index (χ1) is 15.2. The maximum Gasteiger partial charge on any atom is 0.274 e. The Hall–Kier alpha value is -3.52. The van der Waals surface area contributed by atoms with Crippen LogP contribution in [-0.4, -0.2) is 38.6 Å². The summed E-state index contributed by atoms with van der Waals surface area (Å²) in [6, 6.07) is 11.4. The predicted octanol–water partition coefficient (Wildman–Crippen LogP) is 3.91. The van der Waals surface area contributed by atoms with E-state index in [9.17, 15) is 4.79 Å². The number of rotatable bonds is 5. The van der Waals surface area contributed by atoms with Gasteiger partial charge >= 0.3 is 0 Å². The lowest BCUT2D eigenvalue weighted by Gasteiger charge is -2.19. The summed E-state index contributed by atoms with van der Waals surface area (Å²) < 4.78 is 12.7. The zero-order valence-corrected chi connectivity index (χ0v) is 17.2. The van der Waals surface area contributed by atoms with E-state index in [0.29, 0.717) is 29.0 Å². The monoisotopic (exact) mass is 417 g/mol. The van der Waals surface area contributed by atoms with E-state index >= 15 is 0 Å². The van der Waals surface area contributed by atoms with Crippen molar-refractivity contribution in [2.75, 3.05) is 18.5 Å². The summed E-state index contributed by atoms with van der Waals surface area (Å²) in [5.74, 6) is 1.44. The molecule has 0 saturated carbocycles. The fourth-order valence-corrected chi connectivity index (χ4v) is 3.84. The Labute approximate surface area is 179 Å². The minimum atomic E-state index is -0.229. The lowest BCUT2D eigenvalue weighted by Crippen LogP contribution is -2.17. The fraction of sp³-hybridized carbons (Fsp3) is 0.304. The molecule has 31 heavy (non-hydrogen) atoms. The van der Waals surface area contributed by atoms with Crippen LogP contribution in [0.4, 0.5) is 5.69 Å². The first kappa shape index (κ1) is 19.4. The predicted molar refractivity (Wildman–Crippen MR) is 115 cm³/mol. The van der Waals surface area contributed by atoms with Crippen molar-refractivity contribution in [1.82, 2.24) is 19.5 Å². The number of nitrogens with one attached hydrogen (secondary N) is 1. The minimum absolute atomic E-state index is 0.229. The van der Waals surface area contributed by atoms with Crippen molar-refractivity contribution >= 4 is 17.2 Å². The van der Waals surface area contributed by atoms with Crippen LogP contribution in [0.25, 0.3) is 17.0 Å². The number of carbonyl (C=O) groups excluding carboxylic acids is 1. The highest BCUT2D eigenvalue weighted by atomic mass is 16.5. The van der Waals surface area contributed by atoms with Gasteiger partial charge in [-0.3, -0.25) is 9.20 Å². The summed E-state index contributed by atoms with van der Waals surface area (Å²) in [5, 5.41) is 7.14. The van der Waals surface area contributed by atoms with Crippen molar-refractivity contribution in [3.05, 3.63) is 65.9 Å². The second-order valence-electron chi connectivity index (χ2n) is 7.83. The van der Waals surface area contributed by atoms with Crippen molar-refractivity contribution in [1.29, 1.82) is 0 Å². The summed E-state index contributed by atoms with van der Waals surface area (Å²) in [5.41, 5.74) is 3.63. The third-order valence-corrected chi connectivity index (χ3v) is 5.67. The molecule has 8 nitrogen and oxygen atoms in total.